The molecular formula is C12H12N2O2. The lowest BCUT2D eigenvalue weighted by atomic mass is 10.1. The molecule has 1 aromatic carbocycles. The fourth-order valence-corrected chi connectivity index (χ4v) is 1.66. The maximum atomic E-state index is 11.8. The monoisotopic (exact) mass is 216 g/mol. The predicted molar refractivity (Wildman–Crippen MR) is 60.0 cm³/mol. The zero-order valence-corrected chi connectivity index (χ0v) is 8.77. The zero-order valence-electron chi connectivity index (χ0n) is 8.77. The van der Waals surface area contributed by atoms with E-state index in [0.29, 0.717) is 17.7 Å². The molecular weight excluding hydrogens is 204 g/mol. The molecule has 4 nitrogen and oxygen atoms in total. The lowest BCUT2D eigenvalue weighted by Gasteiger charge is -2.13. The lowest BCUT2D eigenvalue weighted by Crippen LogP contribution is -2.38. The lowest BCUT2D eigenvalue weighted by molar-refractivity contribution is 0.0643. The molecule has 0 aliphatic carbocycles. The molecule has 0 saturated carbocycles. The summed E-state index contributed by atoms with van der Waals surface area (Å²) in [4.78, 5) is 24.9. The summed E-state index contributed by atoms with van der Waals surface area (Å²) in [5.41, 5.74) is 0.959. The molecule has 16 heavy (non-hydrogen) atoms. The standard InChI is InChI=1S/C12H12N2O2/c1-2-7-13-8-14-11(15)9-5-3-4-6-10(9)12(14)16/h2-6,13H,1,7-8H2. The van der Waals surface area contributed by atoms with Crippen molar-refractivity contribution in [2.24, 2.45) is 0 Å². The van der Waals surface area contributed by atoms with Crippen LogP contribution in [-0.4, -0.2) is 29.9 Å². The van der Waals surface area contributed by atoms with Crippen molar-refractivity contribution in [3.05, 3.63) is 48.0 Å². The number of hydrogen-bond acceptors (Lipinski definition) is 3. The Kier molecular flexibility index (Phi) is 2.83. The van der Waals surface area contributed by atoms with E-state index in [1.165, 1.54) is 4.90 Å². The fourth-order valence-electron chi connectivity index (χ4n) is 1.66. The normalized spacial score (nSPS) is 14.1. The van der Waals surface area contributed by atoms with E-state index in [0.717, 1.165) is 0 Å². The van der Waals surface area contributed by atoms with Crippen LogP contribution in [0.25, 0.3) is 0 Å². The number of carbonyl (C=O) groups excluding carboxylic acids is 2. The Balaban J connectivity index is 2.18. The van der Waals surface area contributed by atoms with Crippen LogP contribution in [0.2, 0.25) is 0 Å². The van der Waals surface area contributed by atoms with Crippen LogP contribution < -0.4 is 5.32 Å². The van der Waals surface area contributed by atoms with Gasteiger partial charge >= 0.3 is 0 Å². The highest BCUT2D eigenvalue weighted by Gasteiger charge is 2.34. The molecule has 0 bridgehead atoms. The third-order valence-corrected chi connectivity index (χ3v) is 2.44. The zero-order chi connectivity index (χ0) is 11.5. The number of benzene rings is 1. The first-order valence-electron chi connectivity index (χ1n) is 5.02. The van der Waals surface area contributed by atoms with Crippen LogP contribution in [0.5, 0.6) is 0 Å². The Morgan fingerprint density at radius 2 is 1.75 bits per heavy atom. The molecule has 0 unspecified atom stereocenters. The molecule has 0 atom stereocenters. The summed E-state index contributed by atoms with van der Waals surface area (Å²) in [6, 6.07) is 6.85. The highest BCUT2D eigenvalue weighted by atomic mass is 16.2. The Bertz CT molecular complexity index is 419. The van der Waals surface area contributed by atoms with E-state index < -0.39 is 0 Å². The van der Waals surface area contributed by atoms with Gasteiger partial charge in [0.25, 0.3) is 11.8 Å². The molecule has 2 rings (SSSR count). The largest absolute Gasteiger partial charge is 0.296 e. The minimum absolute atomic E-state index is 0.221. The first kappa shape index (κ1) is 10.6. The third-order valence-electron chi connectivity index (χ3n) is 2.44. The number of imide groups is 1. The van der Waals surface area contributed by atoms with E-state index >= 15 is 0 Å². The Morgan fingerprint density at radius 3 is 2.25 bits per heavy atom. The highest BCUT2D eigenvalue weighted by molar-refractivity contribution is 6.21. The molecule has 0 spiro atoms. The maximum absolute atomic E-state index is 11.8. The van der Waals surface area contributed by atoms with Crippen molar-refractivity contribution in [3.63, 3.8) is 0 Å². The second kappa shape index (κ2) is 4.28. The molecule has 1 heterocycles. The Labute approximate surface area is 93.6 Å². The van der Waals surface area contributed by atoms with Crippen molar-refractivity contribution in [1.29, 1.82) is 0 Å². The number of amides is 2. The number of carbonyl (C=O) groups is 2. The van der Waals surface area contributed by atoms with Gasteiger partial charge in [0, 0.05) is 6.54 Å². The average molecular weight is 216 g/mol. The van der Waals surface area contributed by atoms with Crippen LogP contribution in [0, 0.1) is 0 Å². The van der Waals surface area contributed by atoms with Crippen molar-refractivity contribution in [2.45, 2.75) is 0 Å². The summed E-state index contributed by atoms with van der Waals surface area (Å²) in [5.74, 6) is -0.477. The molecule has 0 fully saturated rings. The number of fused-ring (bicyclic) bond motifs is 1. The fraction of sp³-hybridized carbons (Fsp3) is 0.167. The van der Waals surface area contributed by atoms with Crippen LogP contribution in [0.15, 0.2) is 36.9 Å². The first-order valence-corrected chi connectivity index (χ1v) is 5.02. The average Bonchev–Trinajstić information content (AvgIpc) is 2.55. The number of nitrogens with zero attached hydrogens (tertiary/aromatic N) is 1. The van der Waals surface area contributed by atoms with Crippen molar-refractivity contribution in [3.8, 4) is 0 Å². The summed E-state index contributed by atoms with van der Waals surface area (Å²) >= 11 is 0. The summed E-state index contributed by atoms with van der Waals surface area (Å²) < 4.78 is 0. The van der Waals surface area contributed by atoms with Gasteiger partial charge in [0.15, 0.2) is 0 Å². The molecule has 1 aromatic rings. The second-order valence-corrected chi connectivity index (χ2v) is 3.48. The van der Waals surface area contributed by atoms with Crippen molar-refractivity contribution in [2.75, 3.05) is 13.2 Å². The molecule has 2 amide bonds. The summed E-state index contributed by atoms with van der Waals surface area (Å²) in [6.07, 6.45) is 1.68. The van der Waals surface area contributed by atoms with Gasteiger partial charge in [0.05, 0.1) is 17.8 Å². The summed E-state index contributed by atoms with van der Waals surface area (Å²) in [5, 5.41) is 2.94. The van der Waals surface area contributed by atoms with Crippen molar-refractivity contribution in [1.82, 2.24) is 10.2 Å². The Hall–Kier alpha value is -1.94. The minimum Gasteiger partial charge on any atom is -0.296 e. The first-order chi connectivity index (χ1) is 7.75. The molecule has 0 radical (unpaired) electrons. The van der Waals surface area contributed by atoms with Crippen LogP contribution in [0.1, 0.15) is 20.7 Å². The van der Waals surface area contributed by atoms with Gasteiger partial charge in [-0.25, -0.2) is 0 Å². The van der Waals surface area contributed by atoms with Gasteiger partial charge in [0.1, 0.15) is 0 Å². The Morgan fingerprint density at radius 1 is 1.19 bits per heavy atom. The number of nitrogens with one attached hydrogen (secondary N) is 1. The van der Waals surface area contributed by atoms with Crippen LogP contribution in [0.3, 0.4) is 0 Å². The maximum Gasteiger partial charge on any atom is 0.262 e. The minimum atomic E-state index is -0.239. The summed E-state index contributed by atoms with van der Waals surface area (Å²) in [7, 11) is 0. The van der Waals surface area contributed by atoms with Gasteiger partial charge in [-0.1, -0.05) is 18.2 Å². The molecule has 1 aliphatic rings. The molecule has 4 heteroatoms. The van der Waals surface area contributed by atoms with E-state index in [-0.39, 0.29) is 18.5 Å². The van der Waals surface area contributed by atoms with Gasteiger partial charge in [-0.3, -0.25) is 19.8 Å². The molecule has 1 N–H and O–H groups in total. The highest BCUT2D eigenvalue weighted by Crippen LogP contribution is 2.21. The SMILES string of the molecule is C=CCNCN1C(=O)c2ccccc2C1=O. The van der Waals surface area contributed by atoms with E-state index in [1.807, 2.05) is 0 Å². The molecule has 1 aliphatic heterocycles. The predicted octanol–water partition coefficient (Wildman–Crippen LogP) is 1.02. The number of rotatable bonds is 4. The van der Waals surface area contributed by atoms with Crippen molar-refractivity contribution >= 4 is 11.8 Å². The van der Waals surface area contributed by atoms with Gasteiger partial charge in [-0.05, 0) is 12.1 Å². The van der Waals surface area contributed by atoms with E-state index in [2.05, 4.69) is 11.9 Å². The van der Waals surface area contributed by atoms with Crippen molar-refractivity contribution < 1.29 is 9.59 Å². The van der Waals surface area contributed by atoms with E-state index in [1.54, 1.807) is 30.3 Å². The molecule has 0 aromatic heterocycles. The van der Waals surface area contributed by atoms with Gasteiger partial charge in [-0.2, -0.15) is 0 Å². The van der Waals surface area contributed by atoms with Crippen LogP contribution in [-0.2, 0) is 0 Å². The van der Waals surface area contributed by atoms with E-state index in [9.17, 15) is 9.59 Å². The number of hydrogen-bond donors (Lipinski definition) is 1. The van der Waals surface area contributed by atoms with Gasteiger partial charge < -0.3 is 0 Å². The molecule has 0 saturated heterocycles. The summed E-state index contributed by atoms with van der Waals surface area (Å²) in [6.45, 7) is 4.33. The molecule has 82 valence electrons. The van der Waals surface area contributed by atoms with E-state index in [4.69, 9.17) is 0 Å². The van der Waals surface area contributed by atoms with Gasteiger partial charge in [0.2, 0.25) is 0 Å². The van der Waals surface area contributed by atoms with Crippen LogP contribution in [0.4, 0.5) is 0 Å². The topological polar surface area (TPSA) is 49.4 Å². The van der Waals surface area contributed by atoms with Gasteiger partial charge in [-0.15, -0.1) is 6.58 Å². The smallest absolute Gasteiger partial charge is 0.262 e. The van der Waals surface area contributed by atoms with Crippen LogP contribution >= 0.6 is 0 Å². The quantitative estimate of drug-likeness (QED) is 0.464. The third kappa shape index (κ3) is 1.63. The second-order valence-electron chi connectivity index (χ2n) is 3.48.